The normalized spacial score (nSPS) is 16.9. The minimum Gasteiger partial charge on any atom is -0.356 e. The number of rotatable bonds is 6. The molecule has 2 N–H and O–H groups in total. The van der Waals surface area contributed by atoms with E-state index in [0.717, 1.165) is 25.6 Å². The second kappa shape index (κ2) is 10.3. The van der Waals surface area contributed by atoms with E-state index in [1.807, 2.05) is 7.05 Å². The molecule has 2 rings (SSSR count). The first-order valence-electron chi connectivity index (χ1n) is 9.42. The zero-order valence-electron chi connectivity index (χ0n) is 15.6. The number of nitrogens with one attached hydrogen (secondary N) is 2. The van der Waals surface area contributed by atoms with Crippen LogP contribution in [0.15, 0.2) is 29.3 Å². The van der Waals surface area contributed by atoms with Gasteiger partial charge in [-0.05, 0) is 43.0 Å². The van der Waals surface area contributed by atoms with Gasteiger partial charge in [0.1, 0.15) is 0 Å². The number of guanidine groups is 1. The maximum Gasteiger partial charge on any atom is 0.191 e. The van der Waals surface area contributed by atoms with Gasteiger partial charge in [-0.25, -0.2) is 0 Å². The summed E-state index contributed by atoms with van der Waals surface area (Å²) < 4.78 is 0. The highest BCUT2D eigenvalue weighted by Gasteiger charge is 2.11. The van der Waals surface area contributed by atoms with Crippen molar-refractivity contribution >= 4 is 5.96 Å². The average molecular weight is 331 g/mol. The number of aliphatic imine (C=N–C) groups is 1. The zero-order chi connectivity index (χ0) is 17.2. The van der Waals surface area contributed by atoms with Crippen LogP contribution in [-0.4, -0.2) is 37.5 Å². The lowest BCUT2D eigenvalue weighted by Gasteiger charge is -2.22. The van der Waals surface area contributed by atoms with Gasteiger partial charge >= 0.3 is 0 Å². The Balaban J connectivity index is 1.92. The minimum atomic E-state index is 0.610. The molecule has 4 heteroatoms. The van der Waals surface area contributed by atoms with Crippen molar-refractivity contribution in [1.82, 2.24) is 15.5 Å². The predicted octanol–water partition coefficient (Wildman–Crippen LogP) is 3.38. The monoisotopic (exact) mass is 330 g/mol. The minimum absolute atomic E-state index is 0.610. The summed E-state index contributed by atoms with van der Waals surface area (Å²) in [6, 6.07) is 8.79. The third-order valence-corrected chi connectivity index (χ3v) is 4.56. The summed E-state index contributed by atoms with van der Waals surface area (Å²) in [5.41, 5.74) is 2.81. The van der Waals surface area contributed by atoms with Crippen LogP contribution in [0.4, 0.5) is 0 Å². The van der Waals surface area contributed by atoms with Crippen molar-refractivity contribution in [3.8, 4) is 0 Å². The molecule has 1 fully saturated rings. The molecule has 0 atom stereocenters. The summed E-state index contributed by atoms with van der Waals surface area (Å²) in [5, 5.41) is 6.83. The summed E-state index contributed by atoms with van der Waals surface area (Å²) in [6.45, 7) is 9.71. The number of hydrogen-bond acceptors (Lipinski definition) is 2. The highest BCUT2D eigenvalue weighted by atomic mass is 15.2. The molecule has 1 aliphatic heterocycles. The van der Waals surface area contributed by atoms with Crippen LogP contribution in [0.2, 0.25) is 0 Å². The Morgan fingerprint density at radius 2 is 1.71 bits per heavy atom. The Labute approximate surface area is 147 Å². The lowest BCUT2D eigenvalue weighted by molar-refractivity contribution is 0.276. The van der Waals surface area contributed by atoms with Crippen molar-refractivity contribution in [3.63, 3.8) is 0 Å². The molecule has 134 valence electrons. The molecular formula is C20H34N4. The van der Waals surface area contributed by atoms with Gasteiger partial charge in [-0.15, -0.1) is 0 Å². The van der Waals surface area contributed by atoms with Gasteiger partial charge in [0.15, 0.2) is 5.96 Å². The van der Waals surface area contributed by atoms with Gasteiger partial charge in [-0.1, -0.05) is 51.0 Å². The molecule has 0 bridgehead atoms. The largest absolute Gasteiger partial charge is 0.356 e. The Kier molecular flexibility index (Phi) is 8.10. The summed E-state index contributed by atoms with van der Waals surface area (Å²) in [4.78, 5) is 6.93. The Morgan fingerprint density at radius 1 is 1.04 bits per heavy atom. The maximum absolute atomic E-state index is 4.32. The van der Waals surface area contributed by atoms with Gasteiger partial charge in [-0.3, -0.25) is 9.89 Å². The SMILES string of the molecule is CN=C(NCc1ccccc1CN1CCCCCC1)NCC(C)C. The van der Waals surface area contributed by atoms with Crippen LogP contribution < -0.4 is 10.6 Å². The predicted molar refractivity (Wildman–Crippen MR) is 103 cm³/mol. The number of hydrogen-bond donors (Lipinski definition) is 2. The molecule has 1 aromatic carbocycles. The second-order valence-electron chi connectivity index (χ2n) is 7.16. The van der Waals surface area contributed by atoms with Gasteiger partial charge < -0.3 is 10.6 Å². The highest BCUT2D eigenvalue weighted by molar-refractivity contribution is 5.79. The van der Waals surface area contributed by atoms with Crippen molar-refractivity contribution < 1.29 is 0 Å². The van der Waals surface area contributed by atoms with Gasteiger partial charge in [-0.2, -0.15) is 0 Å². The lowest BCUT2D eigenvalue weighted by Crippen LogP contribution is -2.38. The first kappa shape index (κ1) is 18.8. The molecule has 0 spiro atoms. The summed E-state index contributed by atoms with van der Waals surface area (Å²) in [6.07, 6.45) is 5.45. The summed E-state index contributed by atoms with van der Waals surface area (Å²) in [5.74, 6) is 1.49. The first-order chi connectivity index (χ1) is 11.7. The molecule has 1 heterocycles. The molecule has 0 amide bonds. The number of nitrogens with zero attached hydrogens (tertiary/aromatic N) is 2. The van der Waals surface area contributed by atoms with E-state index in [-0.39, 0.29) is 0 Å². The molecule has 0 saturated carbocycles. The average Bonchev–Trinajstić information content (AvgIpc) is 2.85. The number of benzene rings is 1. The molecule has 1 aliphatic rings. The van der Waals surface area contributed by atoms with Crippen molar-refractivity contribution in [2.45, 2.75) is 52.6 Å². The van der Waals surface area contributed by atoms with Gasteiger partial charge in [0.05, 0.1) is 0 Å². The fourth-order valence-corrected chi connectivity index (χ4v) is 3.12. The summed E-state index contributed by atoms with van der Waals surface area (Å²) in [7, 11) is 1.83. The Morgan fingerprint density at radius 3 is 2.33 bits per heavy atom. The van der Waals surface area contributed by atoms with E-state index in [1.165, 1.54) is 49.9 Å². The van der Waals surface area contributed by atoms with Crippen molar-refractivity contribution in [2.24, 2.45) is 10.9 Å². The summed E-state index contributed by atoms with van der Waals surface area (Å²) >= 11 is 0. The van der Waals surface area contributed by atoms with Gasteiger partial charge in [0, 0.05) is 26.7 Å². The third-order valence-electron chi connectivity index (χ3n) is 4.56. The van der Waals surface area contributed by atoms with E-state index in [9.17, 15) is 0 Å². The number of likely N-dealkylation sites (tertiary alicyclic amines) is 1. The smallest absolute Gasteiger partial charge is 0.191 e. The van der Waals surface area contributed by atoms with E-state index < -0.39 is 0 Å². The van der Waals surface area contributed by atoms with Crippen LogP contribution >= 0.6 is 0 Å². The van der Waals surface area contributed by atoms with E-state index in [4.69, 9.17) is 0 Å². The third kappa shape index (κ3) is 6.52. The van der Waals surface area contributed by atoms with Crippen LogP contribution in [0.25, 0.3) is 0 Å². The Hall–Kier alpha value is -1.55. The topological polar surface area (TPSA) is 39.7 Å². The molecule has 4 nitrogen and oxygen atoms in total. The fraction of sp³-hybridized carbons (Fsp3) is 0.650. The highest BCUT2D eigenvalue weighted by Crippen LogP contribution is 2.16. The van der Waals surface area contributed by atoms with Gasteiger partial charge in [0.25, 0.3) is 0 Å². The quantitative estimate of drug-likeness (QED) is 0.620. The van der Waals surface area contributed by atoms with Crippen LogP contribution in [0.1, 0.15) is 50.7 Å². The van der Waals surface area contributed by atoms with Crippen molar-refractivity contribution in [3.05, 3.63) is 35.4 Å². The standard InChI is InChI=1S/C20H34N4/c1-17(2)14-22-20(21-3)23-15-18-10-6-7-11-19(18)16-24-12-8-4-5-9-13-24/h6-7,10-11,17H,4-5,8-9,12-16H2,1-3H3,(H2,21,22,23). The molecule has 24 heavy (non-hydrogen) atoms. The molecule has 0 unspecified atom stereocenters. The molecule has 1 saturated heterocycles. The zero-order valence-corrected chi connectivity index (χ0v) is 15.6. The van der Waals surface area contributed by atoms with E-state index >= 15 is 0 Å². The van der Waals surface area contributed by atoms with E-state index in [2.05, 4.69) is 58.6 Å². The molecule has 0 aliphatic carbocycles. The van der Waals surface area contributed by atoms with Crippen LogP contribution in [0.3, 0.4) is 0 Å². The van der Waals surface area contributed by atoms with Crippen LogP contribution in [0, 0.1) is 5.92 Å². The van der Waals surface area contributed by atoms with E-state index in [0.29, 0.717) is 5.92 Å². The lowest BCUT2D eigenvalue weighted by atomic mass is 10.1. The molecular weight excluding hydrogens is 296 g/mol. The van der Waals surface area contributed by atoms with Gasteiger partial charge in [0.2, 0.25) is 0 Å². The molecule has 0 radical (unpaired) electrons. The molecule has 1 aromatic rings. The van der Waals surface area contributed by atoms with E-state index in [1.54, 1.807) is 0 Å². The van der Waals surface area contributed by atoms with Crippen LogP contribution in [-0.2, 0) is 13.1 Å². The maximum atomic E-state index is 4.32. The first-order valence-corrected chi connectivity index (χ1v) is 9.42. The Bertz CT molecular complexity index is 502. The van der Waals surface area contributed by atoms with Crippen molar-refractivity contribution in [2.75, 3.05) is 26.7 Å². The van der Waals surface area contributed by atoms with Crippen LogP contribution in [0.5, 0.6) is 0 Å². The fourth-order valence-electron chi connectivity index (χ4n) is 3.12. The second-order valence-corrected chi connectivity index (χ2v) is 7.16. The molecule has 0 aromatic heterocycles. The van der Waals surface area contributed by atoms with Crippen molar-refractivity contribution in [1.29, 1.82) is 0 Å².